The summed E-state index contributed by atoms with van der Waals surface area (Å²) in [6.45, 7) is 3.25. The Morgan fingerprint density at radius 2 is 2.05 bits per heavy atom. The number of esters is 1. The highest BCUT2D eigenvalue weighted by molar-refractivity contribution is 7.13. The van der Waals surface area contributed by atoms with E-state index in [1.807, 2.05) is 6.92 Å². The van der Waals surface area contributed by atoms with Crippen LogP contribution in [-0.2, 0) is 4.74 Å². The van der Waals surface area contributed by atoms with Gasteiger partial charge in [0.15, 0.2) is 12.4 Å². The molecule has 0 spiro atoms. The van der Waals surface area contributed by atoms with Gasteiger partial charge in [-0.1, -0.05) is 12.1 Å². The van der Waals surface area contributed by atoms with Crippen LogP contribution in [0.1, 0.15) is 30.7 Å². The lowest BCUT2D eigenvalue weighted by Crippen LogP contribution is -2.14. The Balaban J connectivity index is 2.00. The zero-order valence-corrected chi connectivity index (χ0v) is 12.8. The van der Waals surface area contributed by atoms with Crippen LogP contribution in [0.5, 0.6) is 5.75 Å². The number of ketones is 1. The molecule has 2 aromatic rings. The summed E-state index contributed by atoms with van der Waals surface area (Å²) in [5, 5.41) is 0.790. The van der Waals surface area contributed by atoms with Crippen molar-refractivity contribution in [1.82, 2.24) is 4.98 Å². The average Bonchev–Trinajstić information content (AvgIpc) is 2.83. The summed E-state index contributed by atoms with van der Waals surface area (Å²) < 4.78 is 10.1. The number of thiazole rings is 1. The van der Waals surface area contributed by atoms with Crippen LogP contribution in [0.3, 0.4) is 0 Å². The van der Waals surface area contributed by atoms with Gasteiger partial charge in [0.25, 0.3) is 0 Å². The molecule has 21 heavy (non-hydrogen) atoms. The standard InChI is InChI=1S/C15H15NO4S/c1-9-14(21-10(2)16-9)15(18)20-8-13(17)11-5-4-6-12(7-11)19-3/h4-7H,8H2,1-3H3. The van der Waals surface area contributed by atoms with E-state index in [2.05, 4.69) is 4.98 Å². The first-order chi connectivity index (χ1) is 10.0. The fourth-order valence-electron chi connectivity index (χ4n) is 1.80. The van der Waals surface area contributed by atoms with Gasteiger partial charge in [0, 0.05) is 5.56 Å². The van der Waals surface area contributed by atoms with Gasteiger partial charge < -0.3 is 9.47 Å². The molecule has 0 bridgehead atoms. The van der Waals surface area contributed by atoms with E-state index in [1.165, 1.54) is 18.4 Å². The van der Waals surface area contributed by atoms with E-state index < -0.39 is 5.97 Å². The summed E-state index contributed by atoms with van der Waals surface area (Å²) >= 11 is 1.26. The maximum Gasteiger partial charge on any atom is 0.350 e. The Hall–Kier alpha value is -2.21. The van der Waals surface area contributed by atoms with Gasteiger partial charge in [-0.3, -0.25) is 4.79 Å². The summed E-state index contributed by atoms with van der Waals surface area (Å²) in [4.78, 5) is 28.5. The highest BCUT2D eigenvalue weighted by Crippen LogP contribution is 2.18. The molecule has 5 nitrogen and oxygen atoms in total. The average molecular weight is 305 g/mol. The third-order valence-corrected chi connectivity index (χ3v) is 3.87. The van der Waals surface area contributed by atoms with Gasteiger partial charge in [0.05, 0.1) is 17.8 Å². The second kappa shape index (κ2) is 6.49. The lowest BCUT2D eigenvalue weighted by Gasteiger charge is -2.05. The Kier molecular flexibility index (Phi) is 4.70. The molecule has 1 aromatic heterocycles. The fourth-order valence-corrected chi connectivity index (χ4v) is 2.61. The van der Waals surface area contributed by atoms with Gasteiger partial charge in [0.2, 0.25) is 0 Å². The third kappa shape index (κ3) is 3.66. The van der Waals surface area contributed by atoms with Crippen LogP contribution < -0.4 is 4.74 Å². The minimum atomic E-state index is -0.519. The SMILES string of the molecule is COc1cccc(C(=O)COC(=O)c2sc(C)nc2C)c1. The molecule has 1 aromatic carbocycles. The molecular weight excluding hydrogens is 290 g/mol. The van der Waals surface area contributed by atoms with Crippen molar-refractivity contribution in [1.29, 1.82) is 0 Å². The predicted molar refractivity (Wildman–Crippen MR) is 79.2 cm³/mol. The Morgan fingerprint density at radius 3 is 2.67 bits per heavy atom. The third-order valence-electron chi connectivity index (χ3n) is 2.81. The maximum atomic E-state index is 12.0. The number of hydrogen-bond acceptors (Lipinski definition) is 6. The molecule has 0 saturated carbocycles. The molecule has 0 unspecified atom stereocenters. The Morgan fingerprint density at radius 1 is 1.29 bits per heavy atom. The van der Waals surface area contributed by atoms with Gasteiger partial charge in [-0.15, -0.1) is 11.3 Å². The van der Waals surface area contributed by atoms with Crippen molar-refractivity contribution in [3.8, 4) is 5.75 Å². The van der Waals surface area contributed by atoms with Crippen molar-refractivity contribution < 1.29 is 19.1 Å². The van der Waals surface area contributed by atoms with E-state index in [0.29, 0.717) is 21.9 Å². The highest BCUT2D eigenvalue weighted by Gasteiger charge is 2.17. The van der Waals surface area contributed by atoms with E-state index in [0.717, 1.165) is 5.01 Å². The number of benzene rings is 1. The number of aromatic nitrogens is 1. The van der Waals surface area contributed by atoms with Crippen molar-refractivity contribution in [2.24, 2.45) is 0 Å². The minimum absolute atomic E-state index is 0.277. The first-order valence-corrected chi connectivity index (χ1v) is 7.11. The van der Waals surface area contributed by atoms with E-state index in [-0.39, 0.29) is 12.4 Å². The van der Waals surface area contributed by atoms with E-state index in [4.69, 9.17) is 9.47 Å². The number of nitrogens with zero attached hydrogens (tertiary/aromatic N) is 1. The summed E-state index contributed by atoms with van der Waals surface area (Å²) in [6.07, 6.45) is 0. The molecule has 0 aliphatic rings. The van der Waals surface area contributed by atoms with Gasteiger partial charge in [-0.2, -0.15) is 0 Å². The lowest BCUT2D eigenvalue weighted by atomic mass is 10.1. The molecule has 1 heterocycles. The van der Waals surface area contributed by atoms with E-state index >= 15 is 0 Å². The number of aryl methyl sites for hydroxylation is 2. The smallest absolute Gasteiger partial charge is 0.350 e. The quantitative estimate of drug-likeness (QED) is 0.628. The molecule has 0 atom stereocenters. The summed E-state index contributed by atoms with van der Waals surface area (Å²) in [5.74, 6) is -0.211. The largest absolute Gasteiger partial charge is 0.497 e. The normalized spacial score (nSPS) is 10.2. The summed E-state index contributed by atoms with van der Waals surface area (Å²) in [6, 6.07) is 6.72. The first kappa shape index (κ1) is 15.2. The minimum Gasteiger partial charge on any atom is -0.497 e. The first-order valence-electron chi connectivity index (χ1n) is 6.29. The zero-order chi connectivity index (χ0) is 15.4. The van der Waals surface area contributed by atoms with Crippen molar-refractivity contribution in [2.45, 2.75) is 13.8 Å². The number of rotatable bonds is 5. The second-order valence-corrected chi connectivity index (χ2v) is 5.58. The lowest BCUT2D eigenvalue weighted by molar-refractivity contribution is 0.0478. The Labute approximate surface area is 126 Å². The van der Waals surface area contributed by atoms with Crippen molar-refractivity contribution in [2.75, 3.05) is 13.7 Å². The second-order valence-electron chi connectivity index (χ2n) is 4.38. The monoisotopic (exact) mass is 305 g/mol. The topological polar surface area (TPSA) is 65.5 Å². The van der Waals surface area contributed by atoms with Gasteiger partial charge in [-0.25, -0.2) is 9.78 Å². The summed E-state index contributed by atoms with van der Waals surface area (Å²) in [7, 11) is 1.53. The van der Waals surface area contributed by atoms with Crippen molar-refractivity contribution in [3.63, 3.8) is 0 Å². The molecule has 0 radical (unpaired) electrons. The zero-order valence-electron chi connectivity index (χ0n) is 12.0. The number of methoxy groups -OCH3 is 1. The van der Waals surface area contributed by atoms with Crippen LogP contribution in [-0.4, -0.2) is 30.5 Å². The number of ether oxygens (including phenoxy) is 2. The van der Waals surface area contributed by atoms with Crippen molar-refractivity contribution in [3.05, 3.63) is 45.4 Å². The van der Waals surface area contributed by atoms with Gasteiger partial charge in [-0.05, 0) is 26.0 Å². The predicted octanol–water partition coefficient (Wildman–Crippen LogP) is 2.81. The number of Topliss-reactive ketones (excluding diaryl/α,β-unsaturated/α-hetero) is 1. The molecular formula is C15H15NO4S. The van der Waals surface area contributed by atoms with Crippen LogP contribution >= 0.6 is 11.3 Å². The van der Waals surface area contributed by atoms with Gasteiger partial charge in [0.1, 0.15) is 10.6 Å². The number of carbonyl (C=O) groups is 2. The van der Waals surface area contributed by atoms with Crippen LogP contribution in [0.4, 0.5) is 0 Å². The highest BCUT2D eigenvalue weighted by atomic mass is 32.1. The van der Waals surface area contributed by atoms with Crippen LogP contribution in [0.15, 0.2) is 24.3 Å². The molecule has 0 amide bonds. The molecule has 0 saturated heterocycles. The molecule has 0 aliphatic carbocycles. The molecule has 0 aliphatic heterocycles. The van der Waals surface area contributed by atoms with E-state index in [9.17, 15) is 9.59 Å². The summed E-state index contributed by atoms with van der Waals surface area (Å²) in [5.41, 5.74) is 1.07. The molecule has 0 N–H and O–H groups in total. The van der Waals surface area contributed by atoms with Crippen LogP contribution in [0.25, 0.3) is 0 Å². The van der Waals surface area contributed by atoms with Crippen LogP contribution in [0, 0.1) is 13.8 Å². The molecule has 2 rings (SSSR count). The van der Waals surface area contributed by atoms with Gasteiger partial charge >= 0.3 is 5.97 Å². The van der Waals surface area contributed by atoms with Crippen LogP contribution in [0.2, 0.25) is 0 Å². The maximum absolute atomic E-state index is 12.0. The number of hydrogen-bond donors (Lipinski definition) is 0. The number of carbonyl (C=O) groups excluding carboxylic acids is 2. The molecule has 110 valence electrons. The molecule has 6 heteroatoms. The molecule has 0 fully saturated rings. The van der Waals surface area contributed by atoms with E-state index in [1.54, 1.807) is 31.2 Å². The van der Waals surface area contributed by atoms with Crippen molar-refractivity contribution >= 4 is 23.1 Å². The Bertz CT molecular complexity index is 678. The fraction of sp³-hybridized carbons (Fsp3) is 0.267.